The van der Waals surface area contributed by atoms with Crippen molar-refractivity contribution in [2.24, 2.45) is 0 Å². The number of nitrogens with zero attached hydrogens (tertiary/aromatic N) is 2. The maximum atomic E-state index is 10.6. The van der Waals surface area contributed by atoms with Crippen LogP contribution in [0.25, 0.3) is 0 Å². The van der Waals surface area contributed by atoms with E-state index in [1.165, 1.54) is 13.5 Å². The molecule has 1 fully saturated rings. The van der Waals surface area contributed by atoms with Crippen molar-refractivity contribution in [3.8, 4) is 11.9 Å². The van der Waals surface area contributed by atoms with E-state index in [2.05, 4.69) is 16.4 Å². The van der Waals surface area contributed by atoms with Crippen LogP contribution in [-0.4, -0.2) is 42.4 Å². The van der Waals surface area contributed by atoms with Gasteiger partial charge in [-0.1, -0.05) is 0 Å². The van der Waals surface area contributed by atoms with Crippen molar-refractivity contribution in [2.45, 2.75) is 24.9 Å². The van der Waals surface area contributed by atoms with Crippen LogP contribution in [0.4, 0.5) is 13.2 Å². The smallest absolute Gasteiger partial charge is 0.480 e. The Kier molecular flexibility index (Phi) is 6.78. The van der Waals surface area contributed by atoms with E-state index < -0.39 is 12.1 Å². The summed E-state index contributed by atoms with van der Waals surface area (Å²) >= 11 is 0. The van der Waals surface area contributed by atoms with Crippen molar-refractivity contribution in [1.29, 1.82) is 5.26 Å². The average Bonchev–Trinajstić information content (AvgIpc) is 2.54. The number of halogens is 3. The van der Waals surface area contributed by atoms with Gasteiger partial charge in [0.1, 0.15) is 11.6 Å². The number of methoxy groups -OCH3 is 1. The number of aromatic nitrogens is 1. The number of alkyl halides is 3. The van der Waals surface area contributed by atoms with Crippen LogP contribution in [0.2, 0.25) is 0 Å². The normalized spacial score (nSPS) is 17.4. The molecule has 1 aromatic heterocycles. The molecular weight excluding hydrogens is 315 g/mol. The molecule has 23 heavy (non-hydrogen) atoms. The fraction of sp³-hybridized carbons (Fsp3) is 0.500. The van der Waals surface area contributed by atoms with Gasteiger partial charge in [-0.3, -0.25) is 0 Å². The quantitative estimate of drug-likeness (QED) is 0.861. The van der Waals surface area contributed by atoms with Crippen LogP contribution in [-0.2, 0) is 4.79 Å². The lowest BCUT2D eigenvalue weighted by Crippen LogP contribution is -2.28. The summed E-state index contributed by atoms with van der Waals surface area (Å²) in [4.78, 5) is 13.1. The number of aliphatic carboxylic acids is 1. The van der Waals surface area contributed by atoms with Crippen LogP contribution >= 0.6 is 0 Å². The molecule has 9 heteroatoms. The standard InChI is InChI=1S/C12H15N3O.C2HF3O2/c1-16-12-10(6-13)5-11(8-15-12)9-3-2-4-14-7-9;3-2(4,5)1(6)7/h5,8-9,14H,2-4,7H2,1H3;(H,6,7). The molecule has 126 valence electrons. The topological polar surface area (TPSA) is 95.2 Å². The zero-order chi connectivity index (χ0) is 17.5. The summed E-state index contributed by atoms with van der Waals surface area (Å²) < 4.78 is 36.8. The summed E-state index contributed by atoms with van der Waals surface area (Å²) in [5, 5.41) is 19.5. The molecule has 0 spiro atoms. The summed E-state index contributed by atoms with van der Waals surface area (Å²) in [5.74, 6) is -1.87. The molecule has 1 atom stereocenters. The van der Waals surface area contributed by atoms with Gasteiger partial charge in [0, 0.05) is 12.7 Å². The predicted octanol–water partition coefficient (Wildman–Crippen LogP) is 2.06. The number of hydrogen-bond donors (Lipinski definition) is 2. The fourth-order valence-corrected chi connectivity index (χ4v) is 2.07. The Morgan fingerprint density at radius 1 is 1.57 bits per heavy atom. The van der Waals surface area contributed by atoms with Crippen molar-refractivity contribution in [3.63, 3.8) is 0 Å². The van der Waals surface area contributed by atoms with Gasteiger partial charge in [0.25, 0.3) is 0 Å². The highest BCUT2D eigenvalue weighted by molar-refractivity contribution is 5.73. The lowest BCUT2D eigenvalue weighted by Gasteiger charge is -2.23. The monoisotopic (exact) mass is 331 g/mol. The van der Waals surface area contributed by atoms with E-state index in [-0.39, 0.29) is 0 Å². The van der Waals surface area contributed by atoms with Gasteiger partial charge in [-0.05, 0) is 36.9 Å². The van der Waals surface area contributed by atoms with Gasteiger partial charge < -0.3 is 15.2 Å². The second kappa shape index (κ2) is 8.33. The second-order valence-corrected chi connectivity index (χ2v) is 4.78. The second-order valence-electron chi connectivity index (χ2n) is 4.78. The molecule has 1 aromatic rings. The molecule has 0 bridgehead atoms. The van der Waals surface area contributed by atoms with Gasteiger partial charge in [-0.25, -0.2) is 9.78 Å². The lowest BCUT2D eigenvalue weighted by atomic mass is 9.92. The molecule has 1 unspecified atom stereocenters. The Hall–Kier alpha value is -2.34. The third kappa shape index (κ3) is 5.75. The molecule has 2 N–H and O–H groups in total. The summed E-state index contributed by atoms with van der Waals surface area (Å²) in [7, 11) is 1.53. The van der Waals surface area contributed by atoms with Crippen LogP contribution in [0.15, 0.2) is 12.3 Å². The minimum absolute atomic E-state index is 0.412. The van der Waals surface area contributed by atoms with Crippen LogP contribution in [0, 0.1) is 11.3 Å². The third-order valence-electron chi connectivity index (χ3n) is 3.20. The Balaban J connectivity index is 0.000000322. The first-order valence-corrected chi connectivity index (χ1v) is 6.74. The highest BCUT2D eigenvalue weighted by atomic mass is 19.4. The number of piperidine rings is 1. The van der Waals surface area contributed by atoms with Crippen LogP contribution in [0.1, 0.15) is 29.9 Å². The maximum absolute atomic E-state index is 10.6. The number of nitriles is 1. The fourth-order valence-electron chi connectivity index (χ4n) is 2.07. The summed E-state index contributed by atoms with van der Waals surface area (Å²) in [6.45, 7) is 2.06. The number of carboxylic acids is 1. The zero-order valence-electron chi connectivity index (χ0n) is 12.4. The Labute approximate surface area is 130 Å². The van der Waals surface area contributed by atoms with Crippen molar-refractivity contribution in [3.05, 3.63) is 23.4 Å². The van der Waals surface area contributed by atoms with Gasteiger partial charge in [0.2, 0.25) is 5.88 Å². The van der Waals surface area contributed by atoms with Gasteiger partial charge in [-0.2, -0.15) is 18.4 Å². The number of carbonyl (C=O) groups is 1. The average molecular weight is 331 g/mol. The highest BCUT2D eigenvalue weighted by Crippen LogP contribution is 2.25. The van der Waals surface area contributed by atoms with Crippen LogP contribution < -0.4 is 10.1 Å². The number of pyridine rings is 1. The molecule has 0 saturated carbocycles. The molecule has 2 rings (SSSR count). The van der Waals surface area contributed by atoms with E-state index >= 15 is 0 Å². The first kappa shape index (κ1) is 18.7. The molecule has 0 radical (unpaired) electrons. The van der Waals surface area contributed by atoms with Crippen molar-refractivity contribution in [2.75, 3.05) is 20.2 Å². The number of hydrogen-bond acceptors (Lipinski definition) is 5. The van der Waals surface area contributed by atoms with E-state index in [9.17, 15) is 13.2 Å². The van der Waals surface area contributed by atoms with Crippen LogP contribution in [0.3, 0.4) is 0 Å². The SMILES string of the molecule is COc1ncc(C2CCCNC2)cc1C#N.O=C(O)C(F)(F)F. The third-order valence-corrected chi connectivity index (χ3v) is 3.20. The van der Waals surface area contributed by atoms with Gasteiger partial charge in [-0.15, -0.1) is 0 Å². The highest BCUT2D eigenvalue weighted by Gasteiger charge is 2.38. The Bertz CT molecular complexity index is 579. The Morgan fingerprint density at radius 3 is 2.65 bits per heavy atom. The molecule has 6 nitrogen and oxygen atoms in total. The van der Waals surface area contributed by atoms with Crippen molar-refractivity contribution >= 4 is 5.97 Å². The van der Waals surface area contributed by atoms with Gasteiger partial charge >= 0.3 is 12.1 Å². The lowest BCUT2D eigenvalue weighted by molar-refractivity contribution is -0.192. The van der Waals surface area contributed by atoms with E-state index in [1.807, 2.05) is 12.3 Å². The minimum atomic E-state index is -5.08. The number of nitrogens with one attached hydrogen (secondary N) is 1. The number of ether oxygens (including phenoxy) is 1. The molecule has 1 saturated heterocycles. The van der Waals surface area contributed by atoms with E-state index in [1.54, 1.807) is 0 Å². The largest absolute Gasteiger partial charge is 0.490 e. The molecule has 2 heterocycles. The van der Waals surface area contributed by atoms with Crippen molar-refractivity contribution in [1.82, 2.24) is 10.3 Å². The van der Waals surface area contributed by atoms with Crippen molar-refractivity contribution < 1.29 is 27.8 Å². The van der Waals surface area contributed by atoms with E-state index in [4.69, 9.17) is 19.9 Å². The number of rotatable bonds is 2. The summed E-state index contributed by atoms with van der Waals surface area (Å²) in [5.41, 5.74) is 1.65. The number of carboxylic acid groups (broad SMARTS) is 1. The first-order chi connectivity index (χ1) is 10.8. The Morgan fingerprint density at radius 2 is 2.22 bits per heavy atom. The molecule has 0 aliphatic carbocycles. The summed E-state index contributed by atoms with van der Waals surface area (Å²) in [6, 6.07) is 4.01. The molecule has 0 aromatic carbocycles. The molecule has 0 amide bonds. The van der Waals surface area contributed by atoms with E-state index in [0.717, 1.165) is 25.1 Å². The first-order valence-electron chi connectivity index (χ1n) is 6.74. The molecule has 1 aliphatic heterocycles. The minimum Gasteiger partial charge on any atom is -0.480 e. The molecule has 1 aliphatic rings. The maximum Gasteiger partial charge on any atom is 0.490 e. The van der Waals surface area contributed by atoms with Crippen LogP contribution in [0.5, 0.6) is 5.88 Å². The van der Waals surface area contributed by atoms with Gasteiger partial charge in [0.05, 0.1) is 7.11 Å². The summed E-state index contributed by atoms with van der Waals surface area (Å²) in [6.07, 6.45) is -0.929. The molecular formula is C14H16F3N3O3. The predicted molar refractivity (Wildman–Crippen MR) is 74.0 cm³/mol. The van der Waals surface area contributed by atoms with E-state index in [0.29, 0.717) is 17.4 Å². The zero-order valence-corrected chi connectivity index (χ0v) is 12.4. The van der Waals surface area contributed by atoms with Gasteiger partial charge in [0.15, 0.2) is 0 Å².